The van der Waals surface area contributed by atoms with Crippen LogP contribution in [-0.2, 0) is 4.79 Å². The molecule has 0 saturated carbocycles. The zero-order valence-corrected chi connectivity index (χ0v) is 10.7. The molecule has 4 heteroatoms. The average Bonchev–Trinajstić information content (AvgIpc) is 2.29. The van der Waals surface area contributed by atoms with Crippen molar-refractivity contribution in [1.29, 1.82) is 0 Å². The normalized spacial score (nSPS) is 12.0. The number of nitrogens with two attached hydrogens (primary N) is 1. The third kappa shape index (κ3) is 4.07. The van der Waals surface area contributed by atoms with E-state index in [4.69, 9.17) is 5.73 Å². The van der Waals surface area contributed by atoms with Gasteiger partial charge in [0.2, 0.25) is 5.91 Å². The van der Waals surface area contributed by atoms with Gasteiger partial charge in [0.05, 0.1) is 0 Å². The number of hydrogen-bond acceptors (Lipinski definition) is 3. The second-order valence-corrected chi connectivity index (χ2v) is 4.25. The first-order valence-electron chi connectivity index (χ1n) is 5.84. The lowest BCUT2D eigenvalue weighted by molar-refractivity contribution is -0.121. The number of nitrogens with zero attached hydrogens (tertiary/aromatic N) is 1. The van der Waals surface area contributed by atoms with Crippen LogP contribution in [-0.4, -0.2) is 26.5 Å². The number of carbonyl (C=O) groups is 1. The lowest BCUT2D eigenvalue weighted by Crippen LogP contribution is -2.27. The molecule has 0 fully saturated rings. The highest BCUT2D eigenvalue weighted by atomic mass is 16.1. The van der Waals surface area contributed by atoms with E-state index in [1.807, 2.05) is 50.2 Å². The van der Waals surface area contributed by atoms with Gasteiger partial charge >= 0.3 is 0 Å². The molecule has 1 amide bonds. The molecular weight excluding hydrogens is 214 g/mol. The smallest absolute Gasteiger partial charge is 0.221 e. The summed E-state index contributed by atoms with van der Waals surface area (Å²) in [5, 5.41) is 2.75. The summed E-state index contributed by atoms with van der Waals surface area (Å²) in [6.45, 7) is 2.54. The van der Waals surface area contributed by atoms with Gasteiger partial charge in [0.1, 0.15) is 0 Å². The molecule has 94 valence electrons. The van der Waals surface area contributed by atoms with Crippen molar-refractivity contribution in [2.45, 2.75) is 19.4 Å². The number of carbonyl (C=O) groups excluding carboxylic acids is 1. The highest BCUT2D eigenvalue weighted by Crippen LogP contribution is 2.18. The fourth-order valence-corrected chi connectivity index (χ4v) is 1.61. The Hall–Kier alpha value is -1.55. The molecule has 0 heterocycles. The minimum atomic E-state index is -0.238. The summed E-state index contributed by atoms with van der Waals surface area (Å²) >= 11 is 0. The van der Waals surface area contributed by atoms with E-state index in [2.05, 4.69) is 5.32 Å². The van der Waals surface area contributed by atoms with E-state index in [0.29, 0.717) is 13.0 Å². The maximum atomic E-state index is 11.4. The molecule has 1 atom stereocenters. The molecule has 1 unspecified atom stereocenters. The Balaban J connectivity index is 2.63. The second-order valence-electron chi connectivity index (χ2n) is 4.25. The molecule has 1 rings (SSSR count). The lowest BCUT2D eigenvalue weighted by atomic mass is 10.0. The molecule has 0 saturated heterocycles. The van der Waals surface area contributed by atoms with Crippen LogP contribution in [0.4, 0.5) is 5.69 Å². The van der Waals surface area contributed by atoms with Crippen LogP contribution >= 0.6 is 0 Å². The minimum Gasteiger partial charge on any atom is -0.378 e. The molecule has 0 aromatic heterocycles. The number of amides is 1. The standard InChI is InChI=1S/C13H21N3O/c1-4-15-13(17)9-12(14)10-5-7-11(8-6-10)16(2)3/h5-8,12H,4,9,14H2,1-3H3,(H,15,17). The second kappa shape index (κ2) is 6.25. The van der Waals surface area contributed by atoms with Gasteiger partial charge in [0.15, 0.2) is 0 Å². The van der Waals surface area contributed by atoms with Gasteiger partial charge in [-0.05, 0) is 24.6 Å². The molecular formula is C13H21N3O. The molecule has 1 aromatic carbocycles. The Morgan fingerprint density at radius 1 is 1.35 bits per heavy atom. The van der Waals surface area contributed by atoms with Gasteiger partial charge in [-0.1, -0.05) is 12.1 Å². The number of anilines is 1. The lowest BCUT2D eigenvalue weighted by Gasteiger charge is -2.15. The Bertz CT molecular complexity index is 359. The van der Waals surface area contributed by atoms with Gasteiger partial charge < -0.3 is 16.0 Å². The highest BCUT2D eigenvalue weighted by molar-refractivity contribution is 5.76. The first kappa shape index (κ1) is 13.5. The predicted molar refractivity (Wildman–Crippen MR) is 71.0 cm³/mol. The number of nitrogens with one attached hydrogen (secondary N) is 1. The number of hydrogen-bond donors (Lipinski definition) is 2. The maximum absolute atomic E-state index is 11.4. The molecule has 0 spiro atoms. The third-order valence-corrected chi connectivity index (χ3v) is 2.62. The van der Waals surface area contributed by atoms with Crippen LogP contribution < -0.4 is 16.0 Å². The maximum Gasteiger partial charge on any atom is 0.221 e. The Morgan fingerprint density at radius 3 is 2.41 bits per heavy atom. The Morgan fingerprint density at radius 2 is 1.94 bits per heavy atom. The summed E-state index contributed by atoms with van der Waals surface area (Å²) in [5.74, 6) is -0.00307. The summed E-state index contributed by atoms with van der Waals surface area (Å²) in [6.07, 6.45) is 0.329. The highest BCUT2D eigenvalue weighted by Gasteiger charge is 2.10. The van der Waals surface area contributed by atoms with Crippen LogP contribution in [0.25, 0.3) is 0 Å². The van der Waals surface area contributed by atoms with Crippen molar-refractivity contribution >= 4 is 11.6 Å². The zero-order chi connectivity index (χ0) is 12.8. The Labute approximate surface area is 103 Å². The summed E-state index contributed by atoms with van der Waals surface area (Å²) in [5.41, 5.74) is 8.09. The Kier molecular flexibility index (Phi) is 4.97. The van der Waals surface area contributed by atoms with Crippen LogP contribution in [0, 0.1) is 0 Å². The summed E-state index contributed by atoms with van der Waals surface area (Å²) < 4.78 is 0. The molecule has 3 N–H and O–H groups in total. The quantitative estimate of drug-likeness (QED) is 0.808. The van der Waals surface area contributed by atoms with Crippen molar-refractivity contribution in [3.63, 3.8) is 0 Å². The van der Waals surface area contributed by atoms with Crippen molar-refractivity contribution in [1.82, 2.24) is 5.32 Å². The van der Waals surface area contributed by atoms with E-state index in [1.54, 1.807) is 0 Å². The van der Waals surface area contributed by atoms with Crippen molar-refractivity contribution in [2.75, 3.05) is 25.5 Å². The topological polar surface area (TPSA) is 58.4 Å². The summed E-state index contributed by atoms with van der Waals surface area (Å²) in [7, 11) is 3.98. The van der Waals surface area contributed by atoms with E-state index in [9.17, 15) is 4.79 Å². The van der Waals surface area contributed by atoms with Gasteiger partial charge in [-0.25, -0.2) is 0 Å². The van der Waals surface area contributed by atoms with Crippen molar-refractivity contribution in [2.24, 2.45) is 5.73 Å². The van der Waals surface area contributed by atoms with Crippen LogP contribution in [0.15, 0.2) is 24.3 Å². The fourth-order valence-electron chi connectivity index (χ4n) is 1.61. The van der Waals surface area contributed by atoms with E-state index >= 15 is 0 Å². The zero-order valence-electron chi connectivity index (χ0n) is 10.7. The number of benzene rings is 1. The first-order valence-corrected chi connectivity index (χ1v) is 5.84. The van der Waals surface area contributed by atoms with Crippen LogP contribution in [0.2, 0.25) is 0 Å². The van der Waals surface area contributed by atoms with Gasteiger partial charge in [0, 0.05) is 38.8 Å². The van der Waals surface area contributed by atoms with Gasteiger partial charge in [-0.2, -0.15) is 0 Å². The average molecular weight is 235 g/mol. The van der Waals surface area contributed by atoms with E-state index in [0.717, 1.165) is 11.3 Å². The monoisotopic (exact) mass is 235 g/mol. The van der Waals surface area contributed by atoms with E-state index in [-0.39, 0.29) is 11.9 Å². The molecule has 0 radical (unpaired) electrons. The van der Waals surface area contributed by atoms with Crippen LogP contribution in [0.1, 0.15) is 24.9 Å². The van der Waals surface area contributed by atoms with Gasteiger partial charge in [-0.3, -0.25) is 4.79 Å². The van der Waals surface area contributed by atoms with Gasteiger partial charge in [0.25, 0.3) is 0 Å². The third-order valence-electron chi connectivity index (χ3n) is 2.62. The van der Waals surface area contributed by atoms with E-state index in [1.165, 1.54) is 0 Å². The van der Waals surface area contributed by atoms with Crippen molar-refractivity contribution < 1.29 is 4.79 Å². The molecule has 1 aromatic rings. The van der Waals surface area contributed by atoms with Crippen LogP contribution in [0.5, 0.6) is 0 Å². The van der Waals surface area contributed by atoms with Crippen molar-refractivity contribution in [3.8, 4) is 0 Å². The van der Waals surface area contributed by atoms with E-state index < -0.39 is 0 Å². The van der Waals surface area contributed by atoms with Crippen LogP contribution in [0.3, 0.4) is 0 Å². The molecule has 0 bridgehead atoms. The SMILES string of the molecule is CCNC(=O)CC(N)c1ccc(N(C)C)cc1. The first-order chi connectivity index (χ1) is 8.04. The largest absolute Gasteiger partial charge is 0.378 e. The minimum absolute atomic E-state index is 0.00307. The number of rotatable bonds is 5. The fraction of sp³-hybridized carbons (Fsp3) is 0.462. The molecule has 4 nitrogen and oxygen atoms in total. The van der Waals surface area contributed by atoms with Crippen molar-refractivity contribution in [3.05, 3.63) is 29.8 Å². The summed E-state index contributed by atoms with van der Waals surface area (Å²) in [4.78, 5) is 13.4. The summed E-state index contributed by atoms with van der Waals surface area (Å²) in [6, 6.07) is 7.72. The van der Waals surface area contributed by atoms with Gasteiger partial charge in [-0.15, -0.1) is 0 Å². The molecule has 0 aliphatic rings. The molecule has 0 aliphatic heterocycles. The molecule has 17 heavy (non-hydrogen) atoms. The molecule has 0 aliphatic carbocycles. The predicted octanol–water partition coefficient (Wildman–Crippen LogP) is 1.28.